The largest absolute Gasteiger partial charge is 2.00 e. The van der Waals surface area contributed by atoms with E-state index in [0.29, 0.717) is 0 Å². The third-order valence-electron chi connectivity index (χ3n) is 2.38. The van der Waals surface area contributed by atoms with Crippen molar-refractivity contribution in [1.29, 1.82) is 0 Å². The zero-order valence-corrected chi connectivity index (χ0v) is 13.4. The van der Waals surface area contributed by atoms with Crippen LogP contribution >= 0.6 is 7.82 Å². The molecule has 0 bridgehead atoms. The van der Waals surface area contributed by atoms with Gasteiger partial charge in [-0.1, -0.05) is 39.5 Å². The first-order chi connectivity index (χ1) is 6.99. The van der Waals surface area contributed by atoms with Crippen LogP contribution in [0.25, 0.3) is 0 Å². The zero-order valence-electron chi connectivity index (χ0n) is 10.3. The Hall–Kier alpha value is 1.37. The summed E-state index contributed by atoms with van der Waals surface area (Å²) in [5.41, 5.74) is 0. The van der Waals surface area contributed by atoms with E-state index in [-0.39, 0.29) is 50.3 Å². The van der Waals surface area contributed by atoms with E-state index in [4.69, 9.17) is 0 Å². The molecule has 6 heteroatoms. The Bertz CT molecular complexity index is 195. The van der Waals surface area contributed by atoms with Crippen molar-refractivity contribution in [2.24, 2.45) is 5.92 Å². The molecule has 1 atom stereocenters. The van der Waals surface area contributed by atoms with Gasteiger partial charge >= 0.3 is 37.7 Å². The van der Waals surface area contributed by atoms with Gasteiger partial charge in [0.2, 0.25) is 0 Å². The molecular formula is C10H21CaO4P. The number of rotatable bonds is 9. The fourth-order valence-electron chi connectivity index (χ4n) is 1.60. The molecule has 92 valence electrons. The molecule has 0 spiro atoms. The van der Waals surface area contributed by atoms with Gasteiger partial charge in [0, 0.05) is 0 Å². The minimum Gasteiger partial charge on any atom is -0.790 e. The van der Waals surface area contributed by atoms with Gasteiger partial charge < -0.3 is 18.9 Å². The number of phosphoric acid groups is 1. The van der Waals surface area contributed by atoms with Crippen LogP contribution in [0.5, 0.6) is 0 Å². The van der Waals surface area contributed by atoms with E-state index < -0.39 is 7.82 Å². The molecule has 0 saturated heterocycles. The second kappa shape index (κ2) is 11.5. The van der Waals surface area contributed by atoms with Crippen LogP contribution in [-0.4, -0.2) is 44.3 Å². The maximum absolute atomic E-state index is 10.3. The van der Waals surface area contributed by atoms with Crippen LogP contribution < -0.4 is 9.79 Å². The maximum Gasteiger partial charge on any atom is 2.00 e. The Morgan fingerprint density at radius 2 is 1.75 bits per heavy atom. The molecule has 0 aromatic carbocycles. The second-order valence-electron chi connectivity index (χ2n) is 3.89. The summed E-state index contributed by atoms with van der Waals surface area (Å²) in [7, 11) is -4.78. The quantitative estimate of drug-likeness (QED) is 0.363. The predicted molar refractivity (Wildman–Crippen MR) is 61.9 cm³/mol. The molecule has 0 rings (SSSR count). The fraction of sp³-hybridized carbons (Fsp3) is 1.00. The van der Waals surface area contributed by atoms with Gasteiger partial charge in [-0.2, -0.15) is 0 Å². The van der Waals surface area contributed by atoms with Crippen LogP contribution in [-0.2, 0) is 9.09 Å². The first-order valence-electron chi connectivity index (χ1n) is 5.66. The van der Waals surface area contributed by atoms with E-state index in [1.54, 1.807) is 0 Å². The zero-order chi connectivity index (χ0) is 11.7. The fourth-order valence-corrected chi connectivity index (χ4v) is 1.99. The molecule has 0 fully saturated rings. The smallest absolute Gasteiger partial charge is 0.790 e. The summed E-state index contributed by atoms with van der Waals surface area (Å²) >= 11 is 0. The maximum atomic E-state index is 10.3. The topological polar surface area (TPSA) is 72.4 Å². The molecule has 0 N–H and O–H groups in total. The van der Waals surface area contributed by atoms with Crippen molar-refractivity contribution < 1.29 is 18.9 Å². The Morgan fingerprint density at radius 1 is 1.12 bits per heavy atom. The molecule has 0 amide bonds. The van der Waals surface area contributed by atoms with Crippen LogP contribution in [0.3, 0.4) is 0 Å². The van der Waals surface area contributed by atoms with Gasteiger partial charge in [0.1, 0.15) is 0 Å². The molecule has 1 unspecified atom stereocenters. The van der Waals surface area contributed by atoms with Gasteiger partial charge in [0.15, 0.2) is 0 Å². The Morgan fingerprint density at radius 3 is 2.19 bits per heavy atom. The van der Waals surface area contributed by atoms with Gasteiger partial charge in [-0.3, -0.25) is 0 Å². The molecule has 0 aliphatic heterocycles. The standard InChI is InChI=1S/C10H23O4P.Ca/c1-3-5-6-8-10(7-4-2)9-14-15(11,12)13;/h10H,3-9H2,1-2H3,(H2,11,12,13);/q;+2/p-2. The average Bonchev–Trinajstić information content (AvgIpc) is 2.13. The van der Waals surface area contributed by atoms with Gasteiger partial charge in [0.05, 0.1) is 14.4 Å². The summed E-state index contributed by atoms with van der Waals surface area (Å²) in [4.78, 5) is 20.6. The van der Waals surface area contributed by atoms with Crippen molar-refractivity contribution in [2.45, 2.75) is 52.4 Å². The van der Waals surface area contributed by atoms with Crippen LogP contribution in [0.2, 0.25) is 0 Å². The van der Waals surface area contributed by atoms with E-state index in [9.17, 15) is 14.4 Å². The summed E-state index contributed by atoms with van der Waals surface area (Å²) in [5, 5.41) is 0. The van der Waals surface area contributed by atoms with Crippen LogP contribution in [0.15, 0.2) is 0 Å². The summed E-state index contributed by atoms with van der Waals surface area (Å²) in [6.45, 7) is 4.22. The molecule has 0 aliphatic rings. The van der Waals surface area contributed by atoms with Gasteiger partial charge in [-0.15, -0.1) is 0 Å². The van der Waals surface area contributed by atoms with E-state index in [2.05, 4.69) is 11.4 Å². The van der Waals surface area contributed by atoms with Gasteiger partial charge in [-0.05, 0) is 18.8 Å². The number of phosphoric ester groups is 1. The third-order valence-corrected chi connectivity index (χ3v) is 2.85. The first kappa shape index (κ1) is 19.7. The monoisotopic (exact) mass is 276 g/mol. The number of hydrogen-bond acceptors (Lipinski definition) is 4. The molecule has 0 radical (unpaired) electrons. The average molecular weight is 276 g/mol. The molecule has 16 heavy (non-hydrogen) atoms. The van der Waals surface area contributed by atoms with Crippen molar-refractivity contribution in [1.82, 2.24) is 0 Å². The third kappa shape index (κ3) is 13.4. The van der Waals surface area contributed by atoms with E-state index in [0.717, 1.165) is 38.5 Å². The first-order valence-corrected chi connectivity index (χ1v) is 7.12. The summed E-state index contributed by atoms with van der Waals surface area (Å²) < 4.78 is 14.6. The molecule has 0 aliphatic carbocycles. The van der Waals surface area contributed by atoms with Crippen LogP contribution in [0.1, 0.15) is 52.4 Å². The van der Waals surface area contributed by atoms with Crippen molar-refractivity contribution >= 4 is 45.6 Å². The summed E-state index contributed by atoms with van der Waals surface area (Å²) in [6.07, 6.45) is 6.22. The molecule has 0 heterocycles. The minimum atomic E-state index is -4.78. The van der Waals surface area contributed by atoms with Crippen molar-refractivity contribution in [3.63, 3.8) is 0 Å². The summed E-state index contributed by atoms with van der Waals surface area (Å²) in [5.74, 6) is 0.206. The summed E-state index contributed by atoms with van der Waals surface area (Å²) in [6, 6.07) is 0. The number of hydrogen-bond donors (Lipinski definition) is 0. The van der Waals surface area contributed by atoms with Crippen molar-refractivity contribution in [3.8, 4) is 0 Å². The Balaban J connectivity index is 0. The number of unbranched alkanes of at least 4 members (excludes halogenated alkanes) is 2. The van der Waals surface area contributed by atoms with E-state index in [1.807, 2.05) is 6.92 Å². The van der Waals surface area contributed by atoms with Crippen LogP contribution in [0, 0.1) is 5.92 Å². The SMILES string of the molecule is CCCCCC(CCC)COP(=O)([O-])[O-].[Ca+2]. The van der Waals surface area contributed by atoms with Gasteiger partial charge in [0.25, 0.3) is 0 Å². The Labute approximate surface area is 128 Å². The van der Waals surface area contributed by atoms with E-state index >= 15 is 0 Å². The molecule has 0 saturated carbocycles. The minimum absolute atomic E-state index is 0. The molecule has 4 nitrogen and oxygen atoms in total. The molecule has 0 aromatic rings. The van der Waals surface area contributed by atoms with Crippen LogP contribution in [0.4, 0.5) is 0 Å². The van der Waals surface area contributed by atoms with Crippen molar-refractivity contribution in [2.75, 3.05) is 6.61 Å². The predicted octanol–water partition coefficient (Wildman–Crippen LogP) is 1.45. The van der Waals surface area contributed by atoms with E-state index in [1.165, 1.54) is 0 Å². The molecule has 0 aromatic heterocycles. The second-order valence-corrected chi connectivity index (χ2v) is 5.05. The van der Waals surface area contributed by atoms with Crippen molar-refractivity contribution in [3.05, 3.63) is 0 Å². The molecular weight excluding hydrogens is 255 g/mol. The van der Waals surface area contributed by atoms with Gasteiger partial charge in [-0.25, -0.2) is 0 Å². The normalized spacial score (nSPS) is 13.2. The Kier molecular flexibility index (Phi) is 14.1.